The minimum absolute atomic E-state index is 0.0808. The van der Waals surface area contributed by atoms with E-state index in [4.69, 9.17) is 18.9 Å². The number of hydrogen-bond acceptors (Lipinski definition) is 8. The van der Waals surface area contributed by atoms with E-state index in [0.717, 1.165) is 11.1 Å². The summed E-state index contributed by atoms with van der Waals surface area (Å²) in [6.45, 7) is 9.95. The largest absolute Gasteiger partial charge is 0.459 e. The van der Waals surface area contributed by atoms with E-state index in [1.807, 2.05) is 24.3 Å². The molecule has 0 amide bonds. The molecule has 0 radical (unpaired) electrons. The second kappa shape index (κ2) is 13.5. The summed E-state index contributed by atoms with van der Waals surface area (Å²) in [4.78, 5) is 47.8. The molecule has 1 aliphatic carbocycles. The summed E-state index contributed by atoms with van der Waals surface area (Å²) in [6.07, 6.45) is 7.70. The number of ether oxygens (including phenoxy) is 4. The lowest BCUT2D eigenvalue weighted by molar-refractivity contribution is -0.140. The van der Waals surface area contributed by atoms with Gasteiger partial charge in [-0.3, -0.25) is 0 Å². The third-order valence-corrected chi connectivity index (χ3v) is 5.30. The Hall–Kier alpha value is -4.98. The van der Waals surface area contributed by atoms with Crippen LogP contribution in [0.25, 0.3) is 5.57 Å². The average Bonchev–Trinajstić information content (AvgIpc) is 3.18. The van der Waals surface area contributed by atoms with Gasteiger partial charge in [-0.25, -0.2) is 19.2 Å². The van der Waals surface area contributed by atoms with E-state index < -0.39 is 23.9 Å². The van der Waals surface area contributed by atoms with Gasteiger partial charge in [-0.1, -0.05) is 43.5 Å². The maximum atomic E-state index is 12.7. The van der Waals surface area contributed by atoms with Gasteiger partial charge in [0.05, 0.1) is 11.1 Å². The summed E-state index contributed by atoms with van der Waals surface area (Å²) in [6, 6.07) is 12.9. The van der Waals surface area contributed by atoms with Crippen LogP contribution in [0.3, 0.4) is 0 Å². The first-order valence-corrected chi connectivity index (χ1v) is 12.0. The maximum absolute atomic E-state index is 12.7. The lowest BCUT2D eigenvalue weighted by Crippen LogP contribution is -2.14. The fraction of sp³-hybridized carbons (Fsp3) is 0.161. The third kappa shape index (κ3) is 8.53. The van der Waals surface area contributed by atoms with Crippen LogP contribution in [-0.2, 0) is 23.9 Å². The van der Waals surface area contributed by atoms with Crippen molar-refractivity contribution in [3.63, 3.8) is 0 Å². The molecule has 0 aliphatic heterocycles. The molecule has 0 saturated heterocycles. The minimum Gasteiger partial charge on any atom is -0.459 e. The maximum Gasteiger partial charge on any atom is 0.343 e. The van der Waals surface area contributed by atoms with E-state index in [0.29, 0.717) is 23.3 Å². The Balaban J connectivity index is 1.52. The molecule has 8 heteroatoms. The van der Waals surface area contributed by atoms with Gasteiger partial charge in [0.1, 0.15) is 24.7 Å². The number of carbonyl (C=O) groups excluding carboxylic acids is 4. The van der Waals surface area contributed by atoms with Crippen LogP contribution in [0.1, 0.15) is 36.2 Å². The summed E-state index contributed by atoms with van der Waals surface area (Å²) in [5, 5.41) is 0. The van der Waals surface area contributed by atoms with Crippen LogP contribution in [0.2, 0.25) is 0 Å². The van der Waals surface area contributed by atoms with Crippen LogP contribution >= 0.6 is 0 Å². The number of hydrogen-bond donors (Lipinski definition) is 0. The van der Waals surface area contributed by atoms with E-state index in [9.17, 15) is 19.2 Å². The predicted octanol–water partition coefficient (Wildman–Crippen LogP) is 5.32. The van der Waals surface area contributed by atoms with Crippen molar-refractivity contribution >= 4 is 29.5 Å². The smallest absolute Gasteiger partial charge is 0.343 e. The zero-order chi connectivity index (χ0) is 28.4. The first kappa shape index (κ1) is 28.6. The molecule has 0 spiro atoms. The zero-order valence-corrected chi connectivity index (χ0v) is 21.7. The molecule has 1 aliphatic rings. The van der Waals surface area contributed by atoms with Crippen molar-refractivity contribution in [3.8, 4) is 11.5 Å². The van der Waals surface area contributed by atoms with Gasteiger partial charge in [-0.15, -0.1) is 0 Å². The van der Waals surface area contributed by atoms with Crippen molar-refractivity contribution in [2.75, 3.05) is 13.2 Å². The van der Waals surface area contributed by atoms with E-state index in [2.05, 4.69) is 13.2 Å². The van der Waals surface area contributed by atoms with Gasteiger partial charge < -0.3 is 18.9 Å². The number of rotatable bonds is 10. The molecule has 0 fully saturated rings. The monoisotopic (exact) mass is 528 g/mol. The first-order chi connectivity index (χ1) is 18.6. The van der Waals surface area contributed by atoms with Gasteiger partial charge in [0.25, 0.3) is 0 Å². The van der Waals surface area contributed by atoms with Gasteiger partial charge in [0.15, 0.2) is 0 Å². The van der Waals surface area contributed by atoms with Crippen molar-refractivity contribution in [1.29, 1.82) is 0 Å². The van der Waals surface area contributed by atoms with E-state index in [-0.39, 0.29) is 30.1 Å². The van der Waals surface area contributed by atoms with Gasteiger partial charge in [0, 0.05) is 11.1 Å². The molecular formula is C31H28O8. The molecule has 2 aromatic rings. The Labute approximate surface area is 226 Å². The normalized spacial score (nSPS) is 12.3. The van der Waals surface area contributed by atoms with Crippen LogP contribution < -0.4 is 9.47 Å². The number of benzene rings is 2. The quantitative estimate of drug-likeness (QED) is 0.177. The molecule has 0 unspecified atom stereocenters. The van der Waals surface area contributed by atoms with Crippen LogP contribution in [0.4, 0.5) is 0 Å². The second-order valence-electron chi connectivity index (χ2n) is 8.55. The van der Waals surface area contributed by atoms with Crippen molar-refractivity contribution in [2.45, 2.75) is 20.3 Å². The van der Waals surface area contributed by atoms with Gasteiger partial charge in [-0.2, -0.15) is 0 Å². The minimum atomic E-state index is -0.603. The number of esters is 4. The lowest BCUT2D eigenvalue weighted by atomic mass is 10.0. The third-order valence-electron chi connectivity index (χ3n) is 5.30. The summed E-state index contributed by atoms with van der Waals surface area (Å²) in [7, 11) is 0. The Morgan fingerprint density at radius 1 is 0.692 bits per heavy atom. The number of allylic oxidation sites excluding steroid dienone is 4. The standard InChI is InChI=1S/C31H28O8/c1-20(2)28(32)36-18-19-37-30(34)25-12-16-27(17-13-25)39-31(35)24-7-5-6-22(8-9-24)23-10-14-26(15-11-23)38-29(33)21(3)4/h6-17H,1,3,5,18-19H2,2,4H3. The highest BCUT2D eigenvalue weighted by Gasteiger charge is 2.14. The van der Waals surface area contributed by atoms with Crippen LogP contribution in [0.5, 0.6) is 11.5 Å². The highest BCUT2D eigenvalue weighted by Crippen LogP contribution is 2.24. The molecule has 0 bridgehead atoms. The molecule has 8 nitrogen and oxygen atoms in total. The SMILES string of the molecule is C=C(C)C(=O)OCCOC(=O)c1ccc(OC(=O)C2=CCC=C(c3ccc(OC(=O)C(=C)C)cc3)C=C2)cc1. The lowest BCUT2D eigenvalue weighted by Gasteiger charge is -2.08. The predicted molar refractivity (Wildman–Crippen MR) is 145 cm³/mol. The fourth-order valence-corrected chi connectivity index (χ4v) is 3.20. The highest BCUT2D eigenvalue weighted by atomic mass is 16.6. The molecule has 0 aromatic heterocycles. The zero-order valence-electron chi connectivity index (χ0n) is 21.7. The van der Waals surface area contributed by atoms with Crippen LogP contribution in [0.15, 0.2) is 103 Å². The molecule has 39 heavy (non-hydrogen) atoms. The van der Waals surface area contributed by atoms with Gasteiger partial charge in [0.2, 0.25) is 0 Å². The second-order valence-corrected chi connectivity index (χ2v) is 8.55. The summed E-state index contributed by atoms with van der Waals surface area (Å²) in [5.41, 5.74) is 2.98. The molecule has 0 heterocycles. The molecule has 200 valence electrons. The molecule has 0 saturated carbocycles. The van der Waals surface area contributed by atoms with E-state index in [1.54, 1.807) is 31.2 Å². The Bertz CT molecular complexity index is 1370. The van der Waals surface area contributed by atoms with Gasteiger partial charge >= 0.3 is 23.9 Å². The first-order valence-electron chi connectivity index (χ1n) is 12.0. The van der Waals surface area contributed by atoms with E-state index >= 15 is 0 Å². The summed E-state index contributed by atoms with van der Waals surface area (Å²) < 4.78 is 20.6. The highest BCUT2D eigenvalue weighted by molar-refractivity contribution is 5.95. The van der Waals surface area contributed by atoms with Crippen molar-refractivity contribution in [3.05, 3.63) is 114 Å². The van der Waals surface area contributed by atoms with Crippen LogP contribution in [0, 0.1) is 0 Å². The fourth-order valence-electron chi connectivity index (χ4n) is 3.20. The van der Waals surface area contributed by atoms with Crippen molar-refractivity contribution in [1.82, 2.24) is 0 Å². The molecule has 0 atom stereocenters. The summed E-state index contributed by atoms with van der Waals surface area (Å²) >= 11 is 0. The van der Waals surface area contributed by atoms with Gasteiger partial charge in [-0.05, 0) is 73.9 Å². The Morgan fingerprint density at radius 2 is 1.28 bits per heavy atom. The van der Waals surface area contributed by atoms with E-state index in [1.165, 1.54) is 31.2 Å². The van der Waals surface area contributed by atoms with Crippen LogP contribution in [-0.4, -0.2) is 37.1 Å². The van der Waals surface area contributed by atoms with Crippen molar-refractivity contribution < 1.29 is 38.1 Å². The molecule has 3 rings (SSSR count). The van der Waals surface area contributed by atoms with Crippen molar-refractivity contribution in [2.24, 2.45) is 0 Å². The molecular weight excluding hydrogens is 500 g/mol. The Kier molecular flexibility index (Phi) is 9.92. The Morgan fingerprint density at radius 3 is 1.92 bits per heavy atom. The average molecular weight is 529 g/mol. The summed E-state index contributed by atoms with van der Waals surface area (Å²) in [5.74, 6) is -1.52. The molecule has 2 aromatic carbocycles. The topological polar surface area (TPSA) is 105 Å². The molecule has 0 N–H and O–H groups in total. The number of carbonyl (C=O) groups is 4.